The SMILES string of the molecule is C=C(/C=C/C)N1CCC(C(=O)NCCCOC)(c2ccccc2)CC1. The number of nitrogens with zero attached hydrogens (tertiary/aromatic N) is 1. The van der Waals surface area contributed by atoms with Gasteiger partial charge in [-0.1, -0.05) is 43.0 Å². The number of rotatable bonds is 8. The minimum atomic E-state index is -0.457. The molecular formula is C21H30N2O2. The van der Waals surface area contributed by atoms with Gasteiger partial charge in [0.2, 0.25) is 5.91 Å². The van der Waals surface area contributed by atoms with Crippen LogP contribution in [-0.4, -0.2) is 44.2 Å². The Morgan fingerprint density at radius 2 is 2.00 bits per heavy atom. The number of carbonyl (C=O) groups is 1. The van der Waals surface area contributed by atoms with Crippen LogP contribution in [0.1, 0.15) is 31.7 Å². The quantitative estimate of drug-likeness (QED) is 0.582. The Bertz CT molecular complexity index is 587. The van der Waals surface area contributed by atoms with E-state index in [0.29, 0.717) is 13.2 Å². The molecule has 1 N–H and O–H groups in total. The first kappa shape index (κ1) is 19.3. The third-order valence-electron chi connectivity index (χ3n) is 4.95. The van der Waals surface area contributed by atoms with Crippen molar-refractivity contribution in [3.63, 3.8) is 0 Å². The van der Waals surface area contributed by atoms with Crippen LogP contribution in [0, 0.1) is 0 Å². The molecule has 0 aliphatic carbocycles. The van der Waals surface area contributed by atoms with E-state index in [4.69, 9.17) is 4.74 Å². The summed E-state index contributed by atoms with van der Waals surface area (Å²) in [4.78, 5) is 15.3. The Morgan fingerprint density at radius 3 is 2.60 bits per heavy atom. The lowest BCUT2D eigenvalue weighted by molar-refractivity contribution is -0.128. The van der Waals surface area contributed by atoms with Gasteiger partial charge >= 0.3 is 0 Å². The van der Waals surface area contributed by atoms with Gasteiger partial charge in [0, 0.05) is 39.0 Å². The van der Waals surface area contributed by atoms with Crippen LogP contribution in [0.5, 0.6) is 0 Å². The smallest absolute Gasteiger partial charge is 0.230 e. The number of allylic oxidation sites excluding steroid dienone is 2. The van der Waals surface area contributed by atoms with Gasteiger partial charge in [0.15, 0.2) is 0 Å². The van der Waals surface area contributed by atoms with E-state index in [2.05, 4.69) is 28.9 Å². The van der Waals surface area contributed by atoms with Crippen LogP contribution in [0.3, 0.4) is 0 Å². The van der Waals surface area contributed by atoms with Crippen LogP contribution in [0.15, 0.2) is 54.8 Å². The van der Waals surface area contributed by atoms with Crippen molar-refractivity contribution in [1.82, 2.24) is 10.2 Å². The number of carbonyl (C=O) groups excluding carboxylic acids is 1. The zero-order valence-corrected chi connectivity index (χ0v) is 15.5. The van der Waals surface area contributed by atoms with Gasteiger partial charge in [0.1, 0.15) is 0 Å². The van der Waals surface area contributed by atoms with Crippen molar-refractivity contribution >= 4 is 5.91 Å². The number of benzene rings is 1. The molecule has 2 rings (SSSR count). The van der Waals surface area contributed by atoms with E-state index >= 15 is 0 Å². The monoisotopic (exact) mass is 342 g/mol. The van der Waals surface area contributed by atoms with Crippen LogP contribution < -0.4 is 5.32 Å². The van der Waals surface area contributed by atoms with Crippen LogP contribution >= 0.6 is 0 Å². The molecule has 0 bridgehead atoms. The highest BCUT2D eigenvalue weighted by molar-refractivity contribution is 5.88. The van der Waals surface area contributed by atoms with E-state index in [1.807, 2.05) is 37.3 Å². The molecule has 1 heterocycles. The van der Waals surface area contributed by atoms with Gasteiger partial charge < -0.3 is 15.0 Å². The molecule has 1 amide bonds. The summed E-state index contributed by atoms with van der Waals surface area (Å²) in [5.41, 5.74) is 1.67. The van der Waals surface area contributed by atoms with Gasteiger partial charge in [0.25, 0.3) is 0 Å². The normalized spacial score (nSPS) is 16.8. The van der Waals surface area contributed by atoms with E-state index in [9.17, 15) is 4.79 Å². The van der Waals surface area contributed by atoms with Crippen LogP contribution in [0.2, 0.25) is 0 Å². The minimum absolute atomic E-state index is 0.131. The zero-order chi connectivity index (χ0) is 18.1. The molecule has 4 heteroatoms. The third-order valence-corrected chi connectivity index (χ3v) is 4.95. The fourth-order valence-electron chi connectivity index (χ4n) is 3.47. The molecule has 0 unspecified atom stereocenters. The topological polar surface area (TPSA) is 41.6 Å². The Labute approximate surface area is 151 Å². The second kappa shape index (κ2) is 9.42. The number of amides is 1. The maximum absolute atomic E-state index is 13.1. The lowest BCUT2D eigenvalue weighted by atomic mass is 9.72. The average molecular weight is 342 g/mol. The lowest BCUT2D eigenvalue weighted by Gasteiger charge is -2.42. The summed E-state index contributed by atoms with van der Waals surface area (Å²) in [6.45, 7) is 9.11. The van der Waals surface area contributed by atoms with Gasteiger partial charge in [-0.3, -0.25) is 4.79 Å². The number of hydrogen-bond acceptors (Lipinski definition) is 3. The van der Waals surface area contributed by atoms with Crippen molar-refractivity contribution < 1.29 is 9.53 Å². The summed E-state index contributed by atoms with van der Waals surface area (Å²) in [7, 11) is 1.68. The van der Waals surface area contributed by atoms with E-state index in [1.54, 1.807) is 7.11 Å². The second-order valence-electron chi connectivity index (χ2n) is 6.53. The predicted octanol–water partition coefficient (Wildman–Crippen LogP) is 3.26. The zero-order valence-electron chi connectivity index (χ0n) is 15.5. The Balaban J connectivity index is 2.13. The molecular weight excluding hydrogens is 312 g/mol. The molecule has 4 nitrogen and oxygen atoms in total. The summed E-state index contributed by atoms with van der Waals surface area (Å²) < 4.78 is 5.07. The molecule has 25 heavy (non-hydrogen) atoms. The number of likely N-dealkylation sites (tertiary alicyclic amines) is 1. The van der Waals surface area contributed by atoms with Gasteiger partial charge in [-0.25, -0.2) is 0 Å². The first-order chi connectivity index (χ1) is 12.1. The average Bonchev–Trinajstić information content (AvgIpc) is 2.66. The molecule has 136 valence electrons. The van der Waals surface area contributed by atoms with Crippen LogP contribution in [0.25, 0.3) is 0 Å². The van der Waals surface area contributed by atoms with Crippen molar-refractivity contribution in [2.45, 2.75) is 31.6 Å². The first-order valence-electron chi connectivity index (χ1n) is 9.03. The van der Waals surface area contributed by atoms with Crippen molar-refractivity contribution in [3.05, 3.63) is 60.3 Å². The summed E-state index contributed by atoms with van der Waals surface area (Å²) in [6.07, 6.45) is 6.45. The molecule has 0 aromatic heterocycles. The molecule has 1 aromatic rings. The van der Waals surface area contributed by atoms with Crippen molar-refractivity contribution in [2.75, 3.05) is 33.4 Å². The van der Waals surface area contributed by atoms with Gasteiger partial charge in [-0.15, -0.1) is 0 Å². The maximum Gasteiger partial charge on any atom is 0.230 e. The fourth-order valence-corrected chi connectivity index (χ4v) is 3.47. The molecule has 0 saturated carbocycles. The van der Waals surface area contributed by atoms with Crippen molar-refractivity contribution in [1.29, 1.82) is 0 Å². The first-order valence-corrected chi connectivity index (χ1v) is 9.03. The molecule has 1 aliphatic rings. The van der Waals surface area contributed by atoms with Crippen molar-refractivity contribution in [3.8, 4) is 0 Å². The number of piperidine rings is 1. The maximum atomic E-state index is 13.1. The summed E-state index contributed by atoms with van der Waals surface area (Å²) in [5.74, 6) is 0.131. The number of nitrogens with one attached hydrogen (secondary N) is 1. The molecule has 1 saturated heterocycles. The second-order valence-corrected chi connectivity index (χ2v) is 6.53. The van der Waals surface area contributed by atoms with E-state index in [0.717, 1.165) is 43.6 Å². The Kier molecular flexibility index (Phi) is 7.26. The van der Waals surface area contributed by atoms with Crippen LogP contribution in [0.4, 0.5) is 0 Å². The Hall–Kier alpha value is -2.07. The molecule has 1 aliphatic heterocycles. The van der Waals surface area contributed by atoms with E-state index < -0.39 is 5.41 Å². The summed E-state index contributed by atoms with van der Waals surface area (Å²) >= 11 is 0. The molecule has 0 atom stereocenters. The predicted molar refractivity (Wildman–Crippen MR) is 102 cm³/mol. The number of ether oxygens (including phenoxy) is 1. The van der Waals surface area contributed by atoms with Gasteiger partial charge in [-0.2, -0.15) is 0 Å². The largest absolute Gasteiger partial charge is 0.385 e. The van der Waals surface area contributed by atoms with Crippen LogP contribution in [-0.2, 0) is 14.9 Å². The highest BCUT2D eigenvalue weighted by Gasteiger charge is 2.42. The fraction of sp³-hybridized carbons (Fsp3) is 0.476. The summed E-state index contributed by atoms with van der Waals surface area (Å²) in [6, 6.07) is 10.2. The third kappa shape index (κ3) is 4.73. The molecule has 0 spiro atoms. The number of hydrogen-bond donors (Lipinski definition) is 1. The highest BCUT2D eigenvalue weighted by Crippen LogP contribution is 2.36. The summed E-state index contributed by atoms with van der Waals surface area (Å²) in [5, 5.41) is 3.12. The standard InChI is InChI=1S/C21H30N2O2/c1-4-9-18(2)23-15-12-21(13-16-23,19-10-6-5-7-11-19)20(24)22-14-8-17-25-3/h4-7,9-11H,2,8,12-17H2,1,3H3,(H,22,24)/b9-4+. The lowest BCUT2D eigenvalue weighted by Crippen LogP contribution is -2.51. The molecule has 1 fully saturated rings. The van der Waals surface area contributed by atoms with E-state index in [1.165, 1.54) is 0 Å². The molecule has 0 radical (unpaired) electrons. The highest BCUT2D eigenvalue weighted by atomic mass is 16.5. The van der Waals surface area contributed by atoms with Crippen molar-refractivity contribution in [2.24, 2.45) is 0 Å². The Morgan fingerprint density at radius 1 is 1.32 bits per heavy atom. The van der Waals surface area contributed by atoms with Gasteiger partial charge in [0.05, 0.1) is 5.41 Å². The van der Waals surface area contributed by atoms with Gasteiger partial charge in [-0.05, 0) is 37.8 Å². The molecule has 1 aromatic carbocycles. The van der Waals surface area contributed by atoms with E-state index in [-0.39, 0.29) is 5.91 Å². The minimum Gasteiger partial charge on any atom is -0.385 e. The number of methoxy groups -OCH3 is 1.